The first-order valence-corrected chi connectivity index (χ1v) is 6.74. The molecule has 100 valence electrons. The minimum absolute atomic E-state index is 0.578. The minimum atomic E-state index is 0.578. The molecule has 0 saturated carbocycles. The van der Waals surface area contributed by atoms with E-state index in [2.05, 4.69) is 48.5 Å². The average Bonchev–Trinajstić information content (AvgIpc) is 2.37. The molecule has 0 aliphatic carbocycles. The van der Waals surface area contributed by atoms with Crippen LogP contribution >= 0.6 is 0 Å². The molecule has 1 aliphatic rings. The van der Waals surface area contributed by atoms with Gasteiger partial charge in [0.15, 0.2) is 0 Å². The van der Waals surface area contributed by atoms with Crippen molar-refractivity contribution in [2.24, 2.45) is 0 Å². The van der Waals surface area contributed by atoms with E-state index in [-0.39, 0.29) is 0 Å². The van der Waals surface area contributed by atoms with Crippen LogP contribution in [-0.2, 0) is 11.3 Å². The smallest absolute Gasteiger partial charge is 0.0733 e. The molecule has 1 N–H and O–H groups in total. The SMILES string of the molecule is COCc1ccccc1NC1CCN(C)C(C)C1. The molecule has 3 heteroatoms. The van der Waals surface area contributed by atoms with E-state index in [1.165, 1.54) is 30.6 Å². The summed E-state index contributed by atoms with van der Waals surface area (Å²) in [5.41, 5.74) is 2.47. The van der Waals surface area contributed by atoms with Crippen molar-refractivity contribution in [3.8, 4) is 0 Å². The van der Waals surface area contributed by atoms with Crippen molar-refractivity contribution in [1.82, 2.24) is 4.90 Å². The average molecular weight is 248 g/mol. The summed E-state index contributed by atoms with van der Waals surface area (Å²) in [6.07, 6.45) is 2.42. The van der Waals surface area contributed by atoms with Gasteiger partial charge in [-0.2, -0.15) is 0 Å². The highest BCUT2D eigenvalue weighted by atomic mass is 16.5. The van der Waals surface area contributed by atoms with E-state index in [0.29, 0.717) is 18.7 Å². The molecule has 1 heterocycles. The zero-order valence-electron chi connectivity index (χ0n) is 11.6. The molecular formula is C15H24N2O. The molecule has 2 rings (SSSR count). The molecular weight excluding hydrogens is 224 g/mol. The van der Waals surface area contributed by atoms with Crippen molar-refractivity contribution in [2.45, 2.75) is 38.5 Å². The quantitative estimate of drug-likeness (QED) is 0.886. The Bertz CT molecular complexity index is 381. The highest BCUT2D eigenvalue weighted by molar-refractivity contribution is 5.51. The van der Waals surface area contributed by atoms with Crippen LogP contribution in [0, 0.1) is 0 Å². The summed E-state index contributed by atoms with van der Waals surface area (Å²) in [5, 5.41) is 3.68. The van der Waals surface area contributed by atoms with Crippen molar-refractivity contribution in [3.63, 3.8) is 0 Å². The van der Waals surface area contributed by atoms with Gasteiger partial charge in [-0.05, 0) is 32.9 Å². The second-order valence-electron chi connectivity index (χ2n) is 5.29. The van der Waals surface area contributed by atoms with Crippen molar-refractivity contribution in [3.05, 3.63) is 29.8 Å². The van der Waals surface area contributed by atoms with E-state index in [0.717, 1.165) is 0 Å². The molecule has 0 radical (unpaired) electrons. The second kappa shape index (κ2) is 6.21. The number of likely N-dealkylation sites (tertiary alicyclic amines) is 1. The molecule has 0 amide bonds. The highest BCUT2D eigenvalue weighted by Crippen LogP contribution is 2.22. The molecule has 3 nitrogen and oxygen atoms in total. The Morgan fingerprint density at radius 2 is 2.17 bits per heavy atom. The zero-order chi connectivity index (χ0) is 13.0. The van der Waals surface area contributed by atoms with Crippen LogP contribution in [0.5, 0.6) is 0 Å². The molecule has 2 atom stereocenters. The van der Waals surface area contributed by atoms with Gasteiger partial charge in [-0.15, -0.1) is 0 Å². The monoisotopic (exact) mass is 248 g/mol. The Morgan fingerprint density at radius 1 is 1.39 bits per heavy atom. The number of para-hydroxylation sites is 1. The predicted octanol–water partition coefficient (Wildman–Crippen LogP) is 2.73. The van der Waals surface area contributed by atoms with Gasteiger partial charge in [0.05, 0.1) is 6.61 Å². The molecule has 0 spiro atoms. The van der Waals surface area contributed by atoms with E-state index in [9.17, 15) is 0 Å². The summed E-state index contributed by atoms with van der Waals surface area (Å²) in [5.74, 6) is 0. The van der Waals surface area contributed by atoms with Crippen molar-refractivity contribution < 1.29 is 4.74 Å². The fourth-order valence-corrected chi connectivity index (χ4v) is 2.58. The van der Waals surface area contributed by atoms with Crippen LogP contribution in [0.25, 0.3) is 0 Å². The van der Waals surface area contributed by atoms with E-state index in [1.807, 2.05) is 0 Å². The molecule has 2 unspecified atom stereocenters. The van der Waals surface area contributed by atoms with Gasteiger partial charge in [-0.3, -0.25) is 0 Å². The van der Waals surface area contributed by atoms with E-state index in [1.54, 1.807) is 7.11 Å². The Hall–Kier alpha value is -1.06. The number of hydrogen-bond acceptors (Lipinski definition) is 3. The number of nitrogens with one attached hydrogen (secondary N) is 1. The van der Waals surface area contributed by atoms with E-state index < -0.39 is 0 Å². The van der Waals surface area contributed by atoms with Crippen LogP contribution in [0.3, 0.4) is 0 Å². The van der Waals surface area contributed by atoms with Crippen LogP contribution in [0.4, 0.5) is 5.69 Å². The molecule has 1 fully saturated rings. The van der Waals surface area contributed by atoms with Crippen molar-refractivity contribution in [1.29, 1.82) is 0 Å². The molecule has 0 aromatic heterocycles. The fourth-order valence-electron chi connectivity index (χ4n) is 2.58. The normalized spacial score (nSPS) is 25.1. The van der Waals surface area contributed by atoms with Crippen LogP contribution in [-0.4, -0.2) is 37.7 Å². The Labute approximate surface area is 110 Å². The summed E-state index contributed by atoms with van der Waals surface area (Å²) in [4.78, 5) is 2.43. The first-order valence-electron chi connectivity index (χ1n) is 6.74. The van der Waals surface area contributed by atoms with E-state index >= 15 is 0 Å². The fraction of sp³-hybridized carbons (Fsp3) is 0.600. The molecule has 1 aliphatic heterocycles. The van der Waals surface area contributed by atoms with Crippen LogP contribution < -0.4 is 5.32 Å². The highest BCUT2D eigenvalue weighted by Gasteiger charge is 2.22. The summed E-state index contributed by atoms with van der Waals surface area (Å²) in [7, 11) is 3.95. The maximum Gasteiger partial charge on any atom is 0.0733 e. The van der Waals surface area contributed by atoms with Gasteiger partial charge >= 0.3 is 0 Å². The number of benzene rings is 1. The number of piperidine rings is 1. The number of anilines is 1. The Kier molecular flexibility index (Phi) is 4.61. The lowest BCUT2D eigenvalue weighted by Gasteiger charge is -2.36. The first kappa shape index (κ1) is 13.4. The topological polar surface area (TPSA) is 24.5 Å². The third-order valence-electron chi connectivity index (χ3n) is 3.89. The van der Waals surface area contributed by atoms with Crippen LogP contribution in [0.1, 0.15) is 25.3 Å². The summed E-state index contributed by atoms with van der Waals surface area (Å²) >= 11 is 0. The van der Waals surface area contributed by atoms with Gasteiger partial charge in [0.2, 0.25) is 0 Å². The van der Waals surface area contributed by atoms with Crippen LogP contribution in [0.2, 0.25) is 0 Å². The van der Waals surface area contributed by atoms with Gasteiger partial charge in [-0.25, -0.2) is 0 Å². The number of ether oxygens (including phenoxy) is 1. The number of methoxy groups -OCH3 is 1. The first-order chi connectivity index (χ1) is 8.70. The Morgan fingerprint density at radius 3 is 2.89 bits per heavy atom. The van der Waals surface area contributed by atoms with Gasteiger partial charge < -0.3 is 15.0 Å². The second-order valence-corrected chi connectivity index (χ2v) is 5.29. The van der Waals surface area contributed by atoms with Crippen molar-refractivity contribution >= 4 is 5.69 Å². The summed E-state index contributed by atoms with van der Waals surface area (Å²) in [6, 6.07) is 9.66. The summed E-state index contributed by atoms with van der Waals surface area (Å²) in [6.45, 7) is 4.14. The maximum absolute atomic E-state index is 5.25. The molecule has 18 heavy (non-hydrogen) atoms. The lowest BCUT2D eigenvalue weighted by Crippen LogP contribution is -2.42. The van der Waals surface area contributed by atoms with Gasteiger partial charge in [0.1, 0.15) is 0 Å². The van der Waals surface area contributed by atoms with E-state index in [4.69, 9.17) is 4.74 Å². The number of nitrogens with zero attached hydrogens (tertiary/aromatic N) is 1. The van der Waals surface area contributed by atoms with Crippen molar-refractivity contribution in [2.75, 3.05) is 26.0 Å². The molecule has 0 bridgehead atoms. The Balaban J connectivity index is 2.01. The molecule has 1 aromatic carbocycles. The lowest BCUT2D eigenvalue weighted by molar-refractivity contribution is 0.183. The maximum atomic E-state index is 5.25. The largest absolute Gasteiger partial charge is 0.382 e. The summed E-state index contributed by atoms with van der Waals surface area (Å²) < 4.78 is 5.25. The van der Waals surface area contributed by atoms with Gasteiger partial charge in [0, 0.05) is 37.0 Å². The standard InChI is InChI=1S/C15H24N2O/c1-12-10-14(8-9-17(12)2)16-15-7-5-4-6-13(15)11-18-3/h4-7,12,14,16H,8-11H2,1-3H3. The number of hydrogen-bond donors (Lipinski definition) is 1. The van der Waals surface area contributed by atoms with Gasteiger partial charge in [0.25, 0.3) is 0 Å². The minimum Gasteiger partial charge on any atom is -0.382 e. The zero-order valence-corrected chi connectivity index (χ0v) is 11.6. The lowest BCUT2D eigenvalue weighted by atomic mass is 9.98. The van der Waals surface area contributed by atoms with Crippen LogP contribution in [0.15, 0.2) is 24.3 Å². The van der Waals surface area contributed by atoms with Gasteiger partial charge in [-0.1, -0.05) is 18.2 Å². The predicted molar refractivity (Wildman–Crippen MR) is 75.9 cm³/mol. The molecule has 1 saturated heterocycles. The number of rotatable bonds is 4. The molecule has 1 aromatic rings. The third kappa shape index (κ3) is 3.24. The third-order valence-corrected chi connectivity index (χ3v) is 3.89.